The van der Waals surface area contributed by atoms with Crippen LogP contribution in [-0.4, -0.2) is 47.0 Å². The molecule has 1 saturated carbocycles. The van der Waals surface area contributed by atoms with E-state index in [1.165, 1.54) is 43.4 Å². The summed E-state index contributed by atoms with van der Waals surface area (Å²) in [6.07, 6.45) is 13.5. The lowest BCUT2D eigenvalue weighted by molar-refractivity contribution is -0.151. The molecule has 1 aliphatic carbocycles. The summed E-state index contributed by atoms with van der Waals surface area (Å²) in [6.45, 7) is 1.08. The largest absolute Gasteiger partial charge is 0.494 e. The number of ether oxygens (including phenoxy) is 1. The molecule has 2 aliphatic heterocycles. The van der Waals surface area contributed by atoms with Gasteiger partial charge >= 0.3 is 5.97 Å². The number of aliphatic carboxylic acids is 1. The Morgan fingerprint density at radius 2 is 1.58 bits per heavy atom. The first-order valence-electron chi connectivity index (χ1n) is 12.6. The molecule has 1 aromatic rings. The summed E-state index contributed by atoms with van der Waals surface area (Å²) >= 11 is 0. The van der Waals surface area contributed by atoms with Gasteiger partial charge < -0.3 is 20.1 Å². The van der Waals surface area contributed by atoms with Crippen LogP contribution >= 0.6 is 0 Å². The number of amides is 2. The summed E-state index contributed by atoms with van der Waals surface area (Å²) < 4.78 is 5.81. The van der Waals surface area contributed by atoms with Crippen molar-refractivity contribution in [3.8, 4) is 5.75 Å². The van der Waals surface area contributed by atoms with E-state index in [2.05, 4.69) is 5.32 Å². The van der Waals surface area contributed by atoms with E-state index < -0.39 is 12.0 Å². The fourth-order valence-corrected chi connectivity index (χ4v) is 4.67. The van der Waals surface area contributed by atoms with Crippen molar-refractivity contribution in [2.75, 3.05) is 13.2 Å². The average molecular weight is 459 g/mol. The number of carbonyl (C=O) groups excluding carboxylic acids is 2. The predicted molar refractivity (Wildman–Crippen MR) is 126 cm³/mol. The average Bonchev–Trinajstić information content (AvgIpc) is 2.83. The number of fused-ring (bicyclic) bond motifs is 2. The van der Waals surface area contributed by atoms with Gasteiger partial charge in [0.15, 0.2) is 0 Å². The highest BCUT2D eigenvalue weighted by molar-refractivity contribution is 5.85. The number of hydrogen-bond acceptors (Lipinski definition) is 4. The lowest BCUT2D eigenvalue weighted by Crippen LogP contribution is -2.49. The number of carboxylic acid groups (broad SMARTS) is 1. The zero-order chi connectivity index (χ0) is 23.5. The van der Waals surface area contributed by atoms with Crippen LogP contribution in [0.5, 0.6) is 5.75 Å². The minimum atomic E-state index is -1.01. The highest BCUT2D eigenvalue weighted by atomic mass is 16.5. The molecule has 1 atom stereocenters. The maximum atomic E-state index is 12.6. The van der Waals surface area contributed by atoms with Crippen LogP contribution in [0.25, 0.3) is 0 Å². The third-order valence-corrected chi connectivity index (χ3v) is 6.64. The number of rotatable bonds is 1. The Balaban J connectivity index is 0.000000442. The van der Waals surface area contributed by atoms with Gasteiger partial charge in [0.05, 0.1) is 6.61 Å². The van der Waals surface area contributed by atoms with E-state index >= 15 is 0 Å². The number of hydrogen-bond donors (Lipinski definition) is 2. The van der Waals surface area contributed by atoms with Gasteiger partial charge in [-0.05, 0) is 36.1 Å². The lowest BCUT2D eigenvalue weighted by Gasteiger charge is -2.34. The molecule has 2 N–H and O–H groups in total. The van der Waals surface area contributed by atoms with Crippen LogP contribution in [0.4, 0.5) is 0 Å². The second-order valence-electron chi connectivity index (χ2n) is 9.24. The van der Waals surface area contributed by atoms with Crippen molar-refractivity contribution in [1.29, 1.82) is 0 Å². The number of carboxylic acids is 1. The van der Waals surface area contributed by atoms with E-state index in [-0.39, 0.29) is 37.7 Å². The molecule has 0 saturated heterocycles. The smallest absolute Gasteiger partial charge is 0.326 e. The molecule has 7 heteroatoms. The number of nitrogens with one attached hydrogen (secondary N) is 1. The molecule has 182 valence electrons. The Morgan fingerprint density at radius 3 is 2.27 bits per heavy atom. The van der Waals surface area contributed by atoms with Crippen molar-refractivity contribution in [2.45, 2.75) is 96.1 Å². The molecule has 1 aromatic carbocycles. The fourth-order valence-electron chi connectivity index (χ4n) is 4.67. The van der Waals surface area contributed by atoms with E-state index in [4.69, 9.17) is 4.74 Å². The van der Waals surface area contributed by atoms with Crippen LogP contribution in [-0.2, 0) is 27.3 Å². The number of benzene rings is 1. The van der Waals surface area contributed by atoms with Gasteiger partial charge in [0, 0.05) is 32.4 Å². The van der Waals surface area contributed by atoms with Crippen LogP contribution < -0.4 is 10.1 Å². The van der Waals surface area contributed by atoms with E-state index in [0.29, 0.717) is 13.0 Å². The van der Waals surface area contributed by atoms with Gasteiger partial charge in [0.25, 0.3) is 0 Å². The molecular formula is C26H38N2O5. The van der Waals surface area contributed by atoms with Crippen LogP contribution in [0.1, 0.15) is 88.2 Å². The number of nitrogens with zero attached hydrogens (tertiary/aromatic N) is 1. The highest BCUT2D eigenvalue weighted by Gasteiger charge is 2.34. The third-order valence-electron chi connectivity index (χ3n) is 6.64. The first kappa shape index (κ1) is 25.1. The summed E-state index contributed by atoms with van der Waals surface area (Å²) in [5.74, 6) is -0.588. The molecule has 0 radical (unpaired) electrons. The molecule has 2 heterocycles. The van der Waals surface area contributed by atoms with Gasteiger partial charge in [-0.2, -0.15) is 0 Å². The summed E-state index contributed by atoms with van der Waals surface area (Å²) in [7, 11) is 0. The van der Waals surface area contributed by atoms with Crippen LogP contribution in [0.2, 0.25) is 0 Å². The molecule has 3 bridgehead atoms. The second-order valence-corrected chi connectivity index (χ2v) is 9.24. The Hall–Kier alpha value is -2.57. The topological polar surface area (TPSA) is 95.9 Å². The van der Waals surface area contributed by atoms with Crippen molar-refractivity contribution in [3.05, 3.63) is 29.3 Å². The highest BCUT2D eigenvalue weighted by Crippen LogP contribution is 2.28. The van der Waals surface area contributed by atoms with Gasteiger partial charge in [-0.1, -0.05) is 57.4 Å². The molecule has 1 fully saturated rings. The molecule has 2 amide bonds. The molecule has 0 aromatic heterocycles. The standard InChI is InChI=1S/C20H26N2O5.C6H12/c23-18-5-3-1-2-4-10-27-16-7-6-14-12-17(20(25)26)22(13-15(14)11-16)19(24)8-9-21-18;1-2-4-6-5-3-1/h6-7,11,17H,1-5,8-10,12-13H2,(H,21,23)(H,25,26);1-6H2. The predicted octanol–water partition coefficient (Wildman–Crippen LogP) is 4.21. The fraction of sp³-hybridized carbons (Fsp3) is 0.654. The van der Waals surface area contributed by atoms with Crippen molar-refractivity contribution in [3.63, 3.8) is 0 Å². The molecule has 0 spiro atoms. The zero-order valence-electron chi connectivity index (χ0n) is 19.7. The Labute approximate surface area is 196 Å². The van der Waals surface area contributed by atoms with Crippen molar-refractivity contribution < 1.29 is 24.2 Å². The maximum absolute atomic E-state index is 12.6. The minimum Gasteiger partial charge on any atom is -0.494 e. The quantitative estimate of drug-likeness (QED) is 0.657. The van der Waals surface area contributed by atoms with Crippen LogP contribution in [0, 0.1) is 0 Å². The van der Waals surface area contributed by atoms with Gasteiger partial charge in [-0.25, -0.2) is 4.79 Å². The van der Waals surface area contributed by atoms with E-state index in [0.717, 1.165) is 42.6 Å². The number of carbonyl (C=O) groups is 3. The van der Waals surface area contributed by atoms with Gasteiger partial charge in [0.1, 0.15) is 11.8 Å². The molecule has 1 unspecified atom stereocenters. The van der Waals surface area contributed by atoms with Crippen molar-refractivity contribution >= 4 is 17.8 Å². The first-order valence-corrected chi connectivity index (χ1v) is 12.6. The minimum absolute atomic E-state index is 0.0641. The Kier molecular flexibility index (Phi) is 10.0. The van der Waals surface area contributed by atoms with Gasteiger partial charge in [-0.3, -0.25) is 9.59 Å². The van der Waals surface area contributed by atoms with Crippen molar-refractivity contribution in [1.82, 2.24) is 10.2 Å². The molecule has 33 heavy (non-hydrogen) atoms. The van der Waals surface area contributed by atoms with E-state index in [9.17, 15) is 19.5 Å². The second kappa shape index (κ2) is 13.2. The van der Waals surface area contributed by atoms with Crippen LogP contribution in [0.3, 0.4) is 0 Å². The maximum Gasteiger partial charge on any atom is 0.326 e. The zero-order valence-corrected chi connectivity index (χ0v) is 19.7. The summed E-state index contributed by atoms with van der Waals surface area (Å²) in [6, 6.07) is 4.80. The van der Waals surface area contributed by atoms with E-state index in [1.54, 1.807) is 0 Å². The Morgan fingerprint density at radius 1 is 0.909 bits per heavy atom. The monoisotopic (exact) mass is 458 g/mol. The van der Waals surface area contributed by atoms with Gasteiger partial charge in [-0.15, -0.1) is 0 Å². The summed E-state index contributed by atoms with van der Waals surface area (Å²) in [5.41, 5.74) is 1.86. The normalized spacial score (nSPS) is 22.3. The lowest BCUT2D eigenvalue weighted by atomic mass is 9.93. The summed E-state index contributed by atoms with van der Waals surface area (Å²) in [5, 5.41) is 12.3. The van der Waals surface area contributed by atoms with Gasteiger partial charge in [0.2, 0.25) is 11.8 Å². The summed E-state index contributed by atoms with van der Waals surface area (Å²) in [4.78, 5) is 37.5. The third kappa shape index (κ3) is 8.06. The Bertz CT molecular complexity index is 794. The molecule has 4 rings (SSSR count). The van der Waals surface area contributed by atoms with Crippen molar-refractivity contribution in [2.24, 2.45) is 0 Å². The molecule has 3 aliphatic rings. The SMILES string of the molecule is C1CCCCC1.O=C1CCCCCCOc2ccc3c(c2)CN(C(=O)CCN1)C(C(=O)O)C3. The van der Waals surface area contributed by atoms with Crippen LogP contribution in [0.15, 0.2) is 18.2 Å². The molecular weight excluding hydrogens is 420 g/mol. The molecule has 7 nitrogen and oxygen atoms in total. The first-order chi connectivity index (χ1) is 16.0. The van der Waals surface area contributed by atoms with E-state index in [1.807, 2.05) is 18.2 Å².